The second-order valence-electron chi connectivity index (χ2n) is 3.91. The van der Waals surface area contributed by atoms with Gasteiger partial charge in [-0.1, -0.05) is 12.1 Å². The first-order chi connectivity index (χ1) is 9.29. The zero-order chi connectivity index (χ0) is 13.2. The zero-order valence-corrected chi connectivity index (χ0v) is 10.1. The van der Waals surface area contributed by atoms with E-state index in [1.54, 1.807) is 18.2 Å². The summed E-state index contributed by atoms with van der Waals surface area (Å²) in [5, 5.41) is 24.5. The van der Waals surface area contributed by atoms with Crippen LogP contribution in [0.1, 0.15) is 5.56 Å². The molecule has 0 saturated carbocycles. The molecule has 0 spiro atoms. The van der Waals surface area contributed by atoms with Crippen LogP contribution in [0.15, 0.2) is 36.4 Å². The molecule has 0 saturated heterocycles. The highest BCUT2D eigenvalue weighted by Crippen LogP contribution is 2.24. The predicted molar refractivity (Wildman–Crippen MR) is 67.8 cm³/mol. The van der Waals surface area contributed by atoms with Gasteiger partial charge in [-0.15, -0.1) is 14.8 Å². The third-order valence-corrected chi connectivity index (χ3v) is 2.78. The number of nitrogens with zero attached hydrogens (tertiary/aromatic N) is 7. The maximum atomic E-state index is 9.12. The van der Waals surface area contributed by atoms with Gasteiger partial charge in [0.1, 0.15) is 6.07 Å². The topological polar surface area (TPSA) is 83.0 Å². The van der Waals surface area contributed by atoms with Gasteiger partial charge in [-0.25, -0.2) is 0 Å². The van der Waals surface area contributed by atoms with Crippen LogP contribution in [0.4, 0.5) is 11.5 Å². The van der Waals surface area contributed by atoms with Crippen molar-refractivity contribution in [3.05, 3.63) is 42.0 Å². The third kappa shape index (κ3) is 1.85. The van der Waals surface area contributed by atoms with Crippen LogP contribution in [0, 0.1) is 11.3 Å². The number of benzene rings is 1. The van der Waals surface area contributed by atoms with Crippen LogP contribution in [0.2, 0.25) is 0 Å². The van der Waals surface area contributed by atoms with Crippen LogP contribution in [0.25, 0.3) is 5.65 Å². The Morgan fingerprint density at radius 3 is 2.89 bits per heavy atom. The minimum atomic E-state index is 0.575. The fourth-order valence-electron chi connectivity index (χ4n) is 1.80. The van der Waals surface area contributed by atoms with Crippen molar-refractivity contribution in [3.8, 4) is 6.07 Å². The van der Waals surface area contributed by atoms with Crippen LogP contribution in [0.3, 0.4) is 0 Å². The largest absolute Gasteiger partial charge is 0.327 e. The quantitative estimate of drug-likeness (QED) is 0.679. The molecule has 0 aliphatic heterocycles. The predicted octanol–water partition coefficient (Wildman–Crippen LogP) is 1.16. The standard InChI is InChI=1S/C12H9N7/c1-18(10-5-3-2-4-9(10)8-13)12-7-6-11-14-16-17-19(11)15-12/h2-7H,1H3. The molecule has 0 amide bonds. The van der Waals surface area contributed by atoms with Gasteiger partial charge in [-0.05, 0) is 34.7 Å². The van der Waals surface area contributed by atoms with Crippen LogP contribution < -0.4 is 4.90 Å². The molecule has 0 radical (unpaired) electrons. The van der Waals surface area contributed by atoms with E-state index in [4.69, 9.17) is 5.26 Å². The lowest BCUT2D eigenvalue weighted by atomic mass is 10.2. The van der Waals surface area contributed by atoms with E-state index < -0.39 is 0 Å². The Balaban J connectivity index is 2.08. The number of hydrogen-bond donors (Lipinski definition) is 0. The number of tetrazole rings is 1. The van der Waals surface area contributed by atoms with E-state index in [1.807, 2.05) is 30.1 Å². The highest BCUT2D eigenvalue weighted by Gasteiger charge is 2.11. The molecule has 0 N–H and O–H groups in total. The van der Waals surface area contributed by atoms with Crippen LogP contribution >= 0.6 is 0 Å². The second-order valence-corrected chi connectivity index (χ2v) is 3.91. The van der Waals surface area contributed by atoms with Gasteiger partial charge < -0.3 is 4.90 Å². The Hall–Kier alpha value is -3.01. The molecule has 19 heavy (non-hydrogen) atoms. The Morgan fingerprint density at radius 2 is 2.05 bits per heavy atom. The number of anilines is 2. The molecule has 3 rings (SSSR count). The number of hydrogen-bond acceptors (Lipinski definition) is 6. The summed E-state index contributed by atoms with van der Waals surface area (Å²) in [4.78, 5) is 1.82. The minimum absolute atomic E-state index is 0.575. The first-order valence-electron chi connectivity index (χ1n) is 5.58. The van der Waals surface area contributed by atoms with Gasteiger partial charge in [0.2, 0.25) is 0 Å². The average molecular weight is 251 g/mol. The van der Waals surface area contributed by atoms with Crippen molar-refractivity contribution >= 4 is 17.2 Å². The molecular weight excluding hydrogens is 242 g/mol. The first kappa shape index (κ1) is 11.1. The molecule has 0 atom stereocenters. The van der Waals surface area contributed by atoms with Gasteiger partial charge in [0.05, 0.1) is 11.3 Å². The molecule has 0 aliphatic rings. The Labute approximate surface area is 108 Å². The summed E-state index contributed by atoms with van der Waals surface area (Å²) >= 11 is 0. The number of nitriles is 1. The summed E-state index contributed by atoms with van der Waals surface area (Å²) in [6.07, 6.45) is 0. The van der Waals surface area contributed by atoms with Gasteiger partial charge in [0.25, 0.3) is 0 Å². The lowest BCUT2D eigenvalue weighted by Gasteiger charge is -2.18. The average Bonchev–Trinajstić information content (AvgIpc) is 2.93. The SMILES string of the molecule is CN(c1ccc2nnnn2n1)c1ccccc1C#N. The molecule has 0 unspecified atom stereocenters. The molecule has 0 fully saturated rings. The van der Waals surface area contributed by atoms with Crippen molar-refractivity contribution in [2.45, 2.75) is 0 Å². The van der Waals surface area contributed by atoms with E-state index in [9.17, 15) is 0 Å². The Bertz CT molecular complexity index is 771. The molecule has 2 heterocycles. The third-order valence-electron chi connectivity index (χ3n) is 2.78. The van der Waals surface area contributed by atoms with Crippen LogP contribution in [-0.4, -0.2) is 32.3 Å². The molecule has 7 nitrogen and oxygen atoms in total. The van der Waals surface area contributed by atoms with Crippen LogP contribution in [0.5, 0.6) is 0 Å². The monoisotopic (exact) mass is 251 g/mol. The highest BCUT2D eigenvalue weighted by atomic mass is 15.6. The number of aromatic nitrogens is 5. The van der Waals surface area contributed by atoms with E-state index in [-0.39, 0.29) is 0 Å². The molecule has 0 bridgehead atoms. The smallest absolute Gasteiger partial charge is 0.200 e. The van der Waals surface area contributed by atoms with Crippen molar-refractivity contribution in [3.63, 3.8) is 0 Å². The van der Waals surface area contributed by atoms with E-state index in [2.05, 4.69) is 26.7 Å². The van der Waals surface area contributed by atoms with Crippen LogP contribution in [-0.2, 0) is 0 Å². The summed E-state index contributed by atoms with van der Waals surface area (Å²) in [5.41, 5.74) is 1.94. The van der Waals surface area contributed by atoms with E-state index in [1.165, 1.54) is 4.63 Å². The van der Waals surface area contributed by atoms with Crippen molar-refractivity contribution in [1.82, 2.24) is 25.3 Å². The van der Waals surface area contributed by atoms with Crippen molar-refractivity contribution in [1.29, 1.82) is 5.26 Å². The minimum Gasteiger partial charge on any atom is -0.327 e. The molecule has 7 heteroatoms. The number of rotatable bonds is 2. The van der Waals surface area contributed by atoms with Crippen molar-refractivity contribution in [2.75, 3.05) is 11.9 Å². The fourth-order valence-corrected chi connectivity index (χ4v) is 1.80. The Kier molecular flexibility index (Phi) is 2.54. The number of fused-ring (bicyclic) bond motifs is 1. The molecule has 1 aromatic carbocycles. The molecule has 3 aromatic rings. The lowest BCUT2D eigenvalue weighted by Crippen LogP contribution is -2.14. The van der Waals surface area contributed by atoms with Gasteiger partial charge in [0.15, 0.2) is 11.5 Å². The highest BCUT2D eigenvalue weighted by molar-refractivity contribution is 5.66. The summed E-state index contributed by atoms with van der Waals surface area (Å²) in [5.74, 6) is 0.655. The normalized spacial score (nSPS) is 10.3. The molecular formula is C12H9N7. The van der Waals surface area contributed by atoms with E-state index in [0.29, 0.717) is 17.0 Å². The van der Waals surface area contributed by atoms with Gasteiger partial charge in [-0.2, -0.15) is 5.26 Å². The van der Waals surface area contributed by atoms with E-state index in [0.717, 1.165) is 5.69 Å². The van der Waals surface area contributed by atoms with E-state index >= 15 is 0 Å². The lowest BCUT2D eigenvalue weighted by molar-refractivity contribution is 0.731. The number of para-hydroxylation sites is 1. The molecule has 0 aliphatic carbocycles. The summed E-state index contributed by atoms with van der Waals surface area (Å²) in [6, 6.07) is 13.1. The Morgan fingerprint density at radius 1 is 1.21 bits per heavy atom. The second kappa shape index (κ2) is 4.34. The zero-order valence-electron chi connectivity index (χ0n) is 10.1. The van der Waals surface area contributed by atoms with Gasteiger partial charge >= 0.3 is 0 Å². The maximum Gasteiger partial charge on any atom is 0.200 e. The summed E-state index contributed by atoms with van der Waals surface area (Å²) in [7, 11) is 1.84. The van der Waals surface area contributed by atoms with Crippen molar-refractivity contribution < 1.29 is 0 Å². The first-order valence-corrected chi connectivity index (χ1v) is 5.58. The van der Waals surface area contributed by atoms with Crippen molar-refractivity contribution in [2.24, 2.45) is 0 Å². The summed E-state index contributed by atoms with van der Waals surface area (Å²) < 4.78 is 1.35. The molecule has 2 aromatic heterocycles. The van der Waals surface area contributed by atoms with Gasteiger partial charge in [-0.3, -0.25) is 0 Å². The summed E-state index contributed by atoms with van der Waals surface area (Å²) in [6.45, 7) is 0. The maximum absolute atomic E-state index is 9.12. The van der Waals surface area contributed by atoms with Gasteiger partial charge in [0, 0.05) is 7.05 Å². The molecule has 92 valence electrons. The fraction of sp³-hybridized carbons (Fsp3) is 0.0833.